The number of nitrogens with zero attached hydrogens (tertiary/aromatic N) is 2. The first-order valence-corrected chi connectivity index (χ1v) is 8.93. The molecule has 0 fully saturated rings. The minimum absolute atomic E-state index is 0.0546. The Labute approximate surface area is 159 Å². The molecule has 0 bridgehead atoms. The highest BCUT2D eigenvalue weighted by Crippen LogP contribution is 2.31. The van der Waals surface area contributed by atoms with E-state index in [1.807, 2.05) is 36.4 Å². The monoisotopic (exact) mass is 358 g/mol. The maximum absolute atomic E-state index is 5.32. The first kappa shape index (κ1) is 17.2. The number of methoxy groups -OCH3 is 2. The second-order valence-corrected chi connectivity index (χ2v) is 6.45. The van der Waals surface area contributed by atoms with Gasteiger partial charge in [0.25, 0.3) is 0 Å². The maximum Gasteiger partial charge on any atom is 0.118 e. The molecule has 4 nitrogen and oxygen atoms in total. The van der Waals surface area contributed by atoms with Crippen molar-refractivity contribution in [3.63, 3.8) is 0 Å². The normalized spacial score (nSPS) is 12.8. The molecule has 0 atom stereocenters. The van der Waals surface area contributed by atoms with Crippen LogP contribution in [0.25, 0.3) is 6.20 Å². The molecular weight excluding hydrogens is 336 g/mol. The van der Waals surface area contributed by atoms with Gasteiger partial charge in [0, 0.05) is 11.4 Å². The fourth-order valence-corrected chi connectivity index (χ4v) is 3.42. The van der Waals surface area contributed by atoms with Crippen molar-refractivity contribution in [3.8, 4) is 11.5 Å². The SMILES string of the molecule is COc1ccc(C(c2ccc(OC)cc2)N2C=c3ccccc3=NC2)cc1. The summed E-state index contributed by atoms with van der Waals surface area (Å²) in [5, 5.41) is 2.17. The number of hydrogen-bond acceptors (Lipinski definition) is 4. The highest BCUT2D eigenvalue weighted by Gasteiger charge is 2.21. The quantitative estimate of drug-likeness (QED) is 0.703. The molecule has 3 aromatic rings. The van der Waals surface area contributed by atoms with Crippen LogP contribution in [0.4, 0.5) is 0 Å². The summed E-state index contributed by atoms with van der Waals surface area (Å²) < 4.78 is 10.6. The van der Waals surface area contributed by atoms with Gasteiger partial charge < -0.3 is 14.4 Å². The first-order valence-electron chi connectivity index (χ1n) is 8.93. The van der Waals surface area contributed by atoms with Crippen LogP contribution in [-0.4, -0.2) is 25.8 Å². The van der Waals surface area contributed by atoms with Crippen LogP contribution in [0.15, 0.2) is 77.8 Å². The summed E-state index contributed by atoms with van der Waals surface area (Å²) >= 11 is 0. The predicted molar refractivity (Wildman–Crippen MR) is 106 cm³/mol. The van der Waals surface area contributed by atoms with E-state index >= 15 is 0 Å². The van der Waals surface area contributed by atoms with Gasteiger partial charge in [-0.2, -0.15) is 0 Å². The van der Waals surface area contributed by atoms with Crippen molar-refractivity contribution in [2.24, 2.45) is 4.99 Å². The highest BCUT2D eigenvalue weighted by molar-refractivity contribution is 5.41. The molecule has 1 aliphatic heterocycles. The Morgan fingerprint density at radius 1 is 0.778 bits per heavy atom. The Bertz CT molecular complexity index is 980. The van der Waals surface area contributed by atoms with E-state index in [4.69, 9.17) is 14.5 Å². The molecule has 3 aromatic carbocycles. The maximum atomic E-state index is 5.32. The Kier molecular flexibility index (Phi) is 4.79. The third-order valence-electron chi connectivity index (χ3n) is 4.84. The molecule has 0 saturated carbocycles. The van der Waals surface area contributed by atoms with Crippen LogP contribution in [0, 0.1) is 0 Å². The Morgan fingerprint density at radius 3 is 1.89 bits per heavy atom. The summed E-state index contributed by atoms with van der Waals surface area (Å²) in [6, 6.07) is 24.7. The average Bonchev–Trinajstić information content (AvgIpc) is 2.75. The van der Waals surface area contributed by atoms with Crippen LogP contribution in [0.5, 0.6) is 11.5 Å². The lowest BCUT2D eigenvalue weighted by Crippen LogP contribution is -2.37. The standard InChI is InChI=1S/C23H22N2O2/c1-26-20-11-7-17(8-12-20)23(18-9-13-21(27-2)14-10-18)25-15-19-5-3-4-6-22(19)24-16-25/h3-15,23H,16H2,1-2H3. The summed E-state index contributed by atoms with van der Waals surface area (Å²) in [6.07, 6.45) is 2.20. The number of benzene rings is 3. The van der Waals surface area contributed by atoms with Gasteiger partial charge in [-0.3, -0.25) is 4.99 Å². The van der Waals surface area contributed by atoms with E-state index in [1.165, 1.54) is 11.1 Å². The smallest absolute Gasteiger partial charge is 0.118 e. The van der Waals surface area contributed by atoms with Gasteiger partial charge >= 0.3 is 0 Å². The van der Waals surface area contributed by atoms with E-state index in [2.05, 4.69) is 47.5 Å². The van der Waals surface area contributed by atoms with E-state index in [1.54, 1.807) is 14.2 Å². The topological polar surface area (TPSA) is 34.1 Å². The van der Waals surface area contributed by atoms with Crippen molar-refractivity contribution in [3.05, 3.63) is 94.5 Å². The number of fused-ring (bicyclic) bond motifs is 1. The molecule has 0 amide bonds. The highest BCUT2D eigenvalue weighted by atomic mass is 16.5. The van der Waals surface area contributed by atoms with Gasteiger partial charge in [0.1, 0.15) is 18.2 Å². The van der Waals surface area contributed by atoms with Gasteiger partial charge in [0.2, 0.25) is 0 Å². The summed E-state index contributed by atoms with van der Waals surface area (Å²) in [7, 11) is 3.37. The second-order valence-electron chi connectivity index (χ2n) is 6.45. The van der Waals surface area contributed by atoms with Crippen LogP contribution in [0.3, 0.4) is 0 Å². The van der Waals surface area contributed by atoms with Crippen molar-refractivity contribution >= 4 is 6.20 Å². The molecule has 0 aromatic heterocycles. The van der Waals surface area contributed by atoms with E-state index in [9.17, 15) is 0 Å². The van der Waals surface area contributed by atoms with Crippen molar-refractivity contribution < 1.29 is 9.47 Å². The lowest BCUT2D eigenvalue weighted by molar-refractivity contribution is 0.350. The summed E-state index contributed by atoms with van der Waals surface area (Å²) in [5.41, 5.74) is 2.37. The number of hydrogen-bond donors (Lipinski definition) is 0. The lowest BCUT2D eigenvalue weighted by Gasteiger charge is -2.31. The molecule has 0 radical (unpaired) electrons. The number of para-hydroxylation sites is 1. The minimum atomic E-state index is 0.0546. The zero-order chi connectivity index (χ0) is 18.6. The summed E-state index contributed by atoms with van der Waals surface area (Å²) in [5.74, 6) is 1.70. The molecule has 0 aliphatic carbocycles. The first-order chi connectivity index (χ1) is 13.3. The van der Waals surface area contributed by atoms with Crippen molar-refractivity contribution in [2.45, 2.75) is 6.04 Å². The third-order valence-corrected chi connectivity index (χ3v) is 4.84. The van der Waals surface area contributed by atoms with E-state index in [-0.39, 0.29) is 6.04 Å². The molecule has 4 heteroatoms. The zero-order valence-corrected chi connectivity index (χ0v) is 15.5. The number of ether oxygens (including phenoxy) is 2. The van der Waals surface area contributed by atoms with Crippen LogP contribution in [0.1, 0.15) is 17.2 Å². The molecule has 27 heavy (non-hydrogen) atoms. The fourth-order valence-electron chi connectivity index (χ4n) is 3.42. The molecule has 0 N–H and O–H groups in total. The summed E-state index contributed by atoms with van der Waals surface area (Å²) in [4.78, 5) is 7.03. The van der Waals surface area contributed by atoms with Crippen molar-refractivity contribution in [1.29, 1.82) is 0 Å². The van der Waals surface area contributed by atoms with Gasteiger partial charge in [0.15, 0.2) is 0 Å². The van der Waals surface area contributed by atoms with E-state index in [0.717, 1.165) is 22.1 Å². The van der Waals surface area contributed by atoms with Crippen LogP contribution in [0.2, 0.25) is 0 Å². The van der Waals surface area contributed by atoms with E-state index < -0.39 is 0 Å². The zero-order valence-electron chi connectivity index (χ0n) is 15.5. The van der Waals surface area contributed by atoms with Crippen LogP contribution < -0.4 is 20.0 Å². The molecule has 136 valence electrons. The minimum Gasteiger partial charge on any atom is -0.497 e. The van der Waals surface area contributed by atoms with Gasteiger partial charge in [-0.05, 0) is 41.5 Å². The number of rotatable bonds is 5. The van der Waals surface area contributed by atoms with Gasteiger partial charge in [-0.1, -0.05) is 42.5 Å². The Morgan fingerprint density at radius 2 is 1.33 bits per heavy atom. The van der Waals surface area contributed by atoms with Gasteiger partial charge in [-0.15, -0.1) is 0 Å². The largest absolute Gasteiger partial charge is 0.497 e. The molecule has 4 rings (SSSR count). The van der Waals surface area contributed by atoms with Gasteiger partial charge in [0.05, 0.1) is 25.6 Å². The Balaban J connectivity index is 1.78. The molecule has 1 heterocycles. The van der Waals surface area contributed by atoms with Crippen molar-refractivity contribution in [1.82, 2.24) is 4.90 Å². The Hall–Kier alpha value is -3.27. The summed E-state index contributed by atoms with van der Waals surface area (Å²) in [6.45, 7) is 0.611. The van der Waals surface area contributed by atoms with E-state index in [0.29, 0.717) is 6.67 Å². The third kappa shape index (κ3) is 3.51. The fraction of sp³-hybridized carbons (Fsp3) is 0.174. The average molecular weight is 358 g/mol. The lowest BCUT2D eigenvalue weighted by atomic mass is 9.97. The molecular formula is C23H22N2O2. The molecule has 0 spiro atoms. The molecule has 0 saturated heterocycles. The van der Waals surface area contributed by atoms with Crippen LogP contribution >= 0.6 is 0 Å². The van der Waals surface area contributed by atoms with Gasteiger partial charge in [-0.25, -0.2) is 0 Å². The van der Waals surface area contributed by atoms with Crippen LogP contribution in [-0.2, 0) is 0 Å². The van der Waals surface area contributed by atoms with Crippen molar-refractivity contribution in [2.75, 3.05) is 20.9 Å². The second kappa shape index (κ2) is 7.54. The predicted octanol–water partition coefficient (Wildman–Crippen LogP) is 3.12. The molecule has 1 aliphatic rings. The molecule has 0 unspecified atom stereocenters.